The van der Waals surface area contributed by atoms with E-state index in [1.165, 1.54) is 6.92 Å². The predicted octanol–water partition coefficient (Wildman–Crippen LogP) is 3.20. The van der Waals surface area contributed by atoms with Gasteiger partial charge in [0.05, 0.1) is 0 Å². The highest BCUT2D eigenvalue weighted by Crippen LogP contribution is 2.28. The summed E-state index contributed by atoms with van der Waals surface area (Å²) < 4.78 is 38.9. The van der Waals surface area contributed by atoms with Crippen LogP contribution in [0.3, 0.4) is 0 Å². The van der Waals surface area contributed by atoms with Crippen LogP contribution in [-0.4, -0.2) is 21.8 Å². The van der Waals surface area contributed by atoms with E-state index in [4.69, 9.17) is 5.11 Å². The summed E-state index contributed by atoms with van der Waals surface area (Å²) in [7, 11) is 0. The van der Waals surface area contributed by atoms with Crippen molar-refractivity contribution in [3.63, 3.8) is 0 Å². The largest absolute Gasteiger partial charge is 0.476 e. The van der Waals surface area contributed by atoms with Gasteiger partial charge in [-0.25, -0.2) is 22.9 Å². The molecule has 0 saturated carbocycles. The Morgan fingerprint density at radius 2 is 1.81 bits per heavy atom. The van der Waals surface area contributed by atoms with Crippen LogP contribution in [0.2, 0.25) is 0 Å². The number of Topliss-reactive ketones (excluding diaryl/α,β-unsaturated/α-hetero) is 1. The summed E-state index contributed by atoms with van der Waals surface area (Å²) >= 11 is 0.715. The van der Waals surface area contributed by atoms with Crippen molar-refractivity contribution >= 4 is 33.9 Å². The SMILES string of the molecule is CC(=O)c1sc(Nc2cc(F)c(F)c(F)c2)nc1C(=O)O. The first-order valence-electron chi connectivity index (χ1n) is 5.46. The van der Waals surface area contributed by atoms with E-state index < -0.39 is 34.9 Å². The lowest BCUT2D eigenvalue weighted by Crippen LogP contribution is -2.03. The molecule has 21 heavy (non-hydrogen) atoms. The molecule has 5 nitrogen and oxygen atoms in total. The zero-order valence-corrected chi connectivity index (χ0v) is 11.2. The molecule has 2 aromatic rings. The summed E-state index contributed by atoms with van der Waals surface area (Å²) in [6.45, 7) is 1.17. The smallest absolute Gasteiger partial charge is 0.356 e. The number of aromatic nitrogens is 1. The van der Waals surface area contributed by atoms with E-state index in [-0.39, 0.29) is 15.7 Å². The number of carboxylic acid groups (broad SMARTS) is 1. The van der Waals surface area contributed by atoms with Gasteiger partial charge in [-0.3, -0.25) is 4.79 Å². The lowest BCUT2D eigenvalue weighted by molar-refractivity contribution is 0.0687. The summed E-state index contributed by atoms with van der Waals surface area (Å²) in [6, 6.07) is 1.38. The number of hydrogen-bond donors (Lipinski definition) is 2. The van der Waals surface area contributed by atoms with E-state index >= 15 is 0 Å². The summed E-state index contributed by atoms with van der Waals surface area (Å²) in [5.74, 6) is -6.33. The molecular formula is C12H7F3N2O3S. The molecule has 0 saturated heterocycles. The monoisotopic (exact) mass is 316 g/mol. The van der Waals surface area contributed by atoms with Gasteiger partial charge in [-0.1, -0.05) is 11.3 Å². The van der Waals surface area contributed by atoms with Gasteiger partial charge in [-0.15, -0.1) is 0 Å². The number of nitrogens with one attached hydrogen (secondary N) is 1. The molecule has 0 spiro atoms. The molecule has 1 aromatic heterocycles. The molecular weight excluding hydrogens is 309 g/mol. The minimum atomic E-state index is -1.62. The molecule has 110 valence electrons. The van der Waals surface area contributed by atoms with Crippen molar-refractivity contribution in [3.05, 3.63) is 40.2 Å². The van der Waals surface area contributed by atoms with Gasteiger partial charge in [0, 0.05) is 24.7 Å². The van der Waals surface area contributed by atoms with Gasteiger partial charge in [0.15, 0.2) is 34.1 Å². The topological polar surface area (TPSA) is 79.3 Å². The Hall–Kier alpha value is -2.42. The third-order valence-electron chi connectivity index (χ3n) is 2.38. The van der Waals surface area contributed by atoms with Crippen LogP contribution >= 0.6 is 11.3 Å². The molecule has 1 aromatic carbocycles. The molecule has 0 aliphatic rings. The maximum atomic E-state index is 13.1. The molecule has 2 N–H and O–H groups in total. The van der Waals surface area contributed by atoms with Crippen molar-refractivity contribution in [2.75, 3.05) is 5.32 Å². The number of thiazole rings is 1. The Balaban J connectivity index is 2.38. The number of carbonyl (C=O) groups is 2. The number of hydrogen-bond acceptors (Lipinski definition) is 5. The van der Waals surface area contributed by atoms with Crippen molar-refractivity contribution in [2.45, 2.75) is 6.92 Å². The van der Waals surface area contributed by atoms with Crippen LogP contribution < -0.4 is 5.32 Å². The van der Waals surface area contributed by atoms with Gasteiger partial charge in [-0.2, -0.15) is 0 Å². The molecule has 0 atom stereocenters. The number of ketones is 1. The maximum Gasteiger partial charge on any atom is 0.356 e. The van der Waals surface area contributed by atoms with E-state index in [0.29, 0.717) is 23.5 Å². The minimum absolute atomic E-state index is 0.0528. The molecule has 0 aliphatic heterocycles. The Morgan fingerprint density at radius 3 is 2.24 bits per heavy atom. The maximum absolute atomic E-state index is 13.1. The summed E-state index contributed by atoms with van der Waals surface area (Å²) in [5, 5.41) is 11.3. The predicted molar refractivity (Wildman–Crippen MR) is 68.7 cm³/mol. The van der Waals surface area contributed by atoms with Crippen molar-refractivity contribution in [1.82, 2.24) is 4.98 Å². The van der Waals surface area contributed by atoms with Crippen molar-refractivity contribution in [2.24, 2.45) is 0 Å². The molecule has 0 amide bonds. The second-order valence-electron chi connectivity index (χ2n) is 3.94. The van der Waals surface area contributed by atoms with E-state index in [2.05, 4.69) is 10.3 Å². The van der Waals surface area contributed by atoms with Crippen LogP contribution in [0, 0.1) is 17.5 Å². The Labute approximate surface area is 120 Å². The number of halogens is 3. The van der Waals surface area contributed by atoms with Gasteiger partial charge in [0.2, 0.25) is 0 Å². The molecule has 0 radical (unpaired) electrons. The Bertz CT molecular complexity index is 691. The zero-order chi connectivity index (χ0) is 15.7. The van der Waals surface area contributed by atoms with Crippen LogP contribution in [-0.2, 0) is 0 Å². The van der Waals surface area contributed by atoms with Crippen LogP contribution in [0.15, 0.2) is 12.1 Å². The first-order chi connectivity index (χ1) is 9.79. The number of anilines is 2. The third-order valence-corrected chi connectivity index (χ3v) is 3.46. The standard InChI is InChI=1S/C12H7F3N2O3S/c1-4(18)10-9(11(19)20)17-12(21-10)16-5-2-6(13)8(15)7(14)3-5/h2-3H,1H3,(H,16,17)(H,19,20). The first-order valence-corrected chi connectivity index (χ1v) is 6.28. The summed E-state index contributed by atoms with van der Waals surface area (Å²) in [5.41, 5.74) is -0.620. The van der Waals surface area contributed by atoms with E-state index in [1.54, 1.807) is 0 Å². The van der Waals surface area contributed by atoms with Gasteiger partial charge in [-0.05, 0) is 0 Å². The number of benzene rings is 1. The zero-order valence-electron chi connectivity index (χ0n) is 10.4. The van der Waals surface area contributed by atoms with Crippen LogP contribution in [0.25, 0.3) is 0 Å². The molecule has 2 rings (SSSR count). The van der Waals surface area contributed by atoms with Crippen molar-refractivity contribution in [1.29, 1.82) is 0 Å². The van der Waals surface area contributed by atoms with E-state index in [0.717, 1.165) is 0 Å². The molecule has 0 aliphatic carbocycles. The minimum Gasteiger partial charge on any atom is -0.476 e. The summed E-state index contributed by atoms with van der Waals surface area (Å²) in [4.78, 5) is 25.8. The number of carboxylic acids is 1. The highest BCUT2D eigenvalue weighted by Gasteiger charge is 2.21. The molecule has 0 bridgehead atoms. The van der Waals surface area contributed by atoms with Crippen molar-refractivity contribution < 1.29 is 27.9 Å². The Kier molecular flexibility index (Phi) is 3.94. The lowest BCUT2D eigenvalue weighted by atomic mass is 10.3. The van der Waals surface area contributed by atoms with Gasteiger partial charge in [0.1, 0.15) is 4.88 Å². The van der Waals surface area contributed by atoms with E-state index in [1.807, 2.05) is 0 Å². The number of nitrogens with zero attached hydrogens (tertiary/aromatic N) is 1. The highest BCUT2D eigenvalue weighted by molar-refractivity contribution is 7.17. The average Bonchev–Trinajstić information content (AvgIpc) is 2.80. The number of aromatic carboxylic acids is 1. The molecule has 0 unspecified atom stereocenters. The number of rotatable bonds is 4. The fraction of sp³-hybridized carbons (Fsp3) is 0.0833. The second kappa shape index (κ2) is 5.52. The molecule has 1 heterocycles. The quantitative estimate of drug-likeness (QED) is 0.669. The Morgan fingerprint density at radius 1 is 1.24 bits per heavy atom. The van der Waals surface area contributed by atoms with Crippen LogP contribution in [0.5, 0.6) is 0 Å². The number of carbonyl (C=O) groups excluding carboxylic acids is 1. The van der Waals surface area contributed by atoms with Gasteiger partial charge in [0.25, 0.3) is 0 Å². The van der Waals surface area contributed by atoms with Gasteiger partial charge >= 0.3 is 5.97 Å². The average molecular weight is 316 g/mol. The highest BCUT2D eigenvalue weighted by atomic mass is 32.1. The van der Waals surface area contributed by atoms with Crippen molar-refractivity contribution in [3.8, 4) is 0 Å². The fourth-order valence-corrected chi connectivity index (χ4v) is 2.38. The lowest BCUT2D eigenvalue weighted by Gasteiger charge is -2.03. The normalized spacial score (nSPS) is 10.5. The first kappa shape index (κ1) is 15.0. The fourth-order valence-electron chi connectivity index (χ4n) is 1.51. The van der Waals surface area contributed by atoms with E-state index in [9.17, 15) is 22.8 Å². The molecule has 0 fully saturated rings. The van der Waals surface area contributed by atoms with Gasteiger partial charge < -0.3 is 10.4 Å². The van der Waals surface area contributed by atoms with Crippen LogP contribution in [0.4, 0.5) is 24.0 Å². The summed E-state index contributed by atoms with van der Waals surface area (Å²) in [6.07, 6.45) is 0. The second-order valence-corrected chi connectivity index (χ2v) is 4.94. The third kappa shape index (κ3) is 3.02. The van der Waals surface area contributed by atoms with Crippen LogP contribution in [0.1, 0.15) is 27.1 Å². The molecule has 9 heteroatoms.